The van der Waals surface area contributed by atoms with Crippen LogP contribution in [0.1, 0.15) is 38.5 Å². The van der Waals surface area contributed by atoms with Crippen LogP contribution in [0.2, 0.25) is 0 Å². The molecule has 0 bridgehead atoms. The number of hydrogen-bond donors (Lipinski definition) is 2. The molecule has 1 heterocycles. The van der Waals surface area contributed by atoms with Crippen molar-refractivity contribution >= 4 is 10.0 Å². The van der Waals surface area contributed by atoms with E-state index in [9.17, 15) is 8.42 Å². The Morgan fingerprint density at radius 1 is 1.00 bits per heavy atom. The van der Waals surface area contributed by atoms with Crippen LogP contribution in [0.25, 0.3) is 0 Å². The SMILES string of the molecule is O=S(=O)(NCCNC1CCCCCC1)c1ccc2c(c1)OCO2. The molecule has 7 heteroatoms. The van der Waals surface area contributed by atoms with E-state index in [4.69, 9.17) is 9.47 Å². The van der Waals surface area contributed by atoms with Crippen LogP contribution in [0, 0.1) is 0 Å². The van der Waals surface area contributed by atoms with Gasteiger partial charge in [0.1, 0.15) is 0 Å². The number of nitrogens with one attached hydrogen (secondary N) is 2. The third-order valence-corrected chi connectivity index (χ3v) is 5.82. The van der Waals surface area contributed by atoms with Gasteiger partial charge in [-0.2, -0.15) is 0 Å². The van der Waals surface area contributed by atoms with Crippen LogP contribution in [0.15, 0.2) is 23.1 Å². The molecule has 1 fully saturated rings. The van der Waals surface area contributed by atoms with E-state index in [0.29, 0.717) is 30.6 Å². The summed E-state index contributed by atoms with van der Waals surface area (Å²) < 4.78 is 37.7. The van der Waals surface area contributed by atoms with Crippen molar-refractivity contribution in [1.82, 2.24) is 10.0 Å². The zero-order valence-corrected chi connectivity index (χ0v) is 14.0. The molecule has 1 saturated carbocycles. The predicted octanol–water partition coefficient (Wildman–Crippen LogP) is 2.01. The predicted molar refractivity (Wildman–Crippen MR) is 87.2 cm³/mol. The number of sulfonamides is 1. The average Bonchev–Trinajstić information content (AvgIpc) is 2.86. The van der Waals surface area contributed by atoms with Gasteiger partial charge in [0.15, 0.2) is 11.5 Å². The van der Waals surface area contributed by atoms with Crippen molar-refractivity contribution in [2.24, 2.45) is 0 Å². The molecule has 1 aromatic rings. The second kappa shape index (κ2) is 7.51. The third-order valence-electron chi connectivity index (χ3n) is 4.36. The first-order valence-corrected chi connectivity index (χ1v) is 9.76. The summed E-state index contributed by atoms with van der Waals surface area (Å²) in [6.07, 6.45) is 7.54. The van der Waals surface area contributed by atoms with E-state index in [1.807, 2.05) is 0 Å². The van der Waals surface area contributed by atoms with E-state index >= 15 is 0 Å². The quantitative estimate of drug-likeness (QED) is 0.612. The average molecular weight is 340 g/mol. The standard InChI is InChI=1S/C16H24N2O4S/c19-23(20,14-7-8-15-16(11-14)22-12-21-15)18-10-9-17-13-5-3-1-2-4-6-13/h7-8,11,13,17-18H,1-6,9-10,12H2. The molecule has 0 amide bonds. The first-order valence-electron chi connectivity index (χ1n) is 8.28. The van der Waals surface area contributed by atoms with Crippen LogP contribution in [0.3, 0.4) is 0 Å². The molecule has 0 radical (unpaired) electrons. The van der Waals surface area contributed by atoms with Crippen molar-refractivity contribution in [2.45, 2.75) is 49.5 Å². The lowest BCUT2D eigenvalue weighted by Crippen LogP contribution is -2.36. The molecule has 3 rings (SSSR count). The number of benzene rings is 1. The summed E-state index contributed by atoms with van der Waals surface area (Å²) in [5, 5.41) is 3.46. The summed E-state index contributed by atoms with van der Waals surface area (Å²) >= 11 is 0. The molecular weight excluding hydrogens is 316 g/mol. The van der Waals surface area contributed by atoms with Crippen LogP contribution < -0.4 is 19.5 Å². The van der Waals surface area contributed by atoms with Gasteiger partial charge in [-0.3, -0.25) is 0 Å². The molecule has 1 aliphatic heterocycles. The number of fused-ring (bicyclic) bond motifs is 1. The molecule has 1 aromatic carbocycles. The largest absolute Gasteiger partial charge is 0.454 e. The fourth-order valence-corrected chi connectivity index (χ4v) is 4.12. The number of hydrogen-bond acceptors (Lipinski definition) is 5. The van der Waals surface area contributed by atoms with Gasteiger partial charge in [-0.1, -0.05) is 25.7 Å². The van der Waals surface area contributed by atoms with E-state index in [0.717, 1.165) is 0 Å². The second-order valence-electron chi connectivity index (χ2n) is 6.06. The monoisotopic (exact) mass is 340 g/mol. The van der Waals surface area contributed by atoms with Crippen LogP contribution in [-0.2, 0) is 10.0 Å². The summed E-state index contributed by atoms with van der Waals surface area (Å²) in [4.78, 5) is 0.205. The lowest BCUT2D eigenvalue weighted by atomic mass is 10.1. The molecule has 2 N–H and O–H groups in total. The maximum Gasteiger partial charge on any atom is 0.240 e. The molecular formula is C16H24N2O4S. The molecule has 0 unspecified atom stereocenters. The van der Waals surface area contributed by atoms with Gasteiger partial charge in [0.05, 0.1) is 4.90 Å². The van der Waals surface area contributed by atoms with E-state index in [1.165, 1.54) is 50.7 Å². The van der Waals surface area contributed by atoms with Gasteiger partial charge in [0, 0.05) is 25.2 Å². The highest BCUT2D eigenvalue weighted by atomic mass is 32.2. The van der Waals surface area contributed by atoms with Gasteiger partial charge in [-0.15, -0.1) is 0 Å². The smallest absolute Gasteiger partial charge is 0.240 e. The van der Waals surface area contributed by atoms with Crippen molar-refractivity contribution in [3.8, 4) is 11.5 Å². The van der Waals surface area contributed by atoms with Gasteiger partial charge in [-0.05, 0) is 25.0 Å². The Labute approximate surface area is 137 Å². The van der Waals surface area contributed by atoms with Gasteiger partial charge >= 0.3 is 0 Å². The Morgan fingerprint density at radius 3 is 2.52 bits per heavy atom. The molecule has 0 saturated heterocycles. The minimum atomic E-state index is -3.52. The first kappa shape index (κ1) is 16.5. The van der Waals surface area contributed by atoms with Crippen molar-refractivity contribution in [1.29, 1.82) is 0 Å². The normalized spacial score (nSPS) is 18.8. The minimum absolute atomic E-state index is 0.136. The topological polar surface area (TPSA) is 76.7 Å². The maximum atomic E-state index is 12.3. The Hall–Kier alpha value is -1.31. The molecule has 0 atom stereocenters. The zero-order valence-electron chi connectivity index (χ0n) is 13.2. The summed E-state index contributed by atoms with van der Waals surface area (Å²) in [7, 11) is -3.52. The molecule has 6 nitrogen and oxygen atoms in total. The van der Waals surface area contributed by atoms with Crippen molar-refractivity contribution < 1.29 is 17.9 Å². The summed E-state index contributed by atoms with van der Waals surface area (Å²) in [5.41, 5.74) is 0. The molecule has 0 aromatic heterocycles. The summed E-state index contributed by atoms with van der Waals surface area (Å²) in [6, 6.07) is 5.19. The summed E-state index contributed by atoms with van der Waals surface area (Å²) in [6.45, 7) is 1.17. The van der Waals surface area contributed by atoms with Crippen LogP contribution in [-0.4, -0.2) is 34.3 Å². The fourth-order valence-electron chi connectivity index (χ4n) is 3.07. The third kappa shape index (κ3) is 4.37. The van der Waals surface area contributed by atoms with Crippen LogP contribution in [0.4, 0.5) is 0 Å². The molecule has 23 heavy (non-hydrogen) atoms. The molecule has 1 aliphatic carbocycles. The van der Waals surface area contributed by atoms with Crippen LogP contribution >= 0.6 is 0 Å². The van der Waals surface area contributed by atoms with E-state index in [1.54, 1.807) is 6.07 Å². The Balaban J connectivity index is 1.49. The van der Waals surface area contributed by atoms with Crippen LogP contribution in [0.5, 0.6) is 11.5 Å². The highest BCUT2D eigenvalue weighted by Gasteiger charge is 2.20. The van der Waals surface area contributed by atoms with Crippen molar-refractivity contribution in [3.63, 3.8) is 0 Å². The van der Waals surface area contributed by atoms with E-state index in [-0.39, 0.29) is 11.7 Å². The van der Waals surface area contributed by atoms with Gasteiger partial charge in [-0.25, -0.2) is 13.1 Å². The highest BCUT2D eigenvalue weighted by Crippen LogP contribution is 2.33. The summed E-state index contributed by atoms with van der Waals surface area (Å²) in [5.74, 6) is 1.06. The van der Waals surface area contributed by atoms with E-state index in [2.05, 4.69) is 10.0 Å². The molecule has 2 aliphatic rings. The fraction of sp³-hybridized carbons (Fsp3) is 0.625. The van der Waals surface area contributed by atoms with Crippen molar-refractivity contribution in [2.75, 3.05) is 19.9 Å². The van der Waals surface area contributed by atoms with Crippen molar-refractivity contribution in [3.05, 3.63) is 18.2 Å². The van der Waals surface area contributed by atoms with Gasteiger partial charge in [0.2, 0.25) is 16.8 Å². The molecule has 128 valence electrons. The van der Waals surface area contributed by atoms with Gasteiger partial charge in [0.25, 0.3) is 0 Å². The number of rotatable bonds is 6. The first-order chi connectivity index (χ1) is 11.1. The number of ether oxygens (including phenoxy) is 2. The Kier molecular flexibility index (Phi) is 5.40. The Bertz CT molecular complexity index is 625. The zero-order chi connectivity index (χ0) is 16.1. The maximum absolute atomic E-state index is 12.3. The highest BCUT2D eigenvalue weighted by molar-refractivity contribution is 7.89. The minimum Gasteiger partial charge on any atom is -0.454 e. The van der Waals surface area contributed by atoms with E-state index < -0.39 is 10.0 Å². The lowest BCUT2D eigenvalue weighted by molar-refractivity contribution is 0.174. The Morgan fingerprint density at radius 2 is 1.74 bits per heavy atom. The lowest BCUT2D eigenvalue weighted by Gasteiger charge is -2.16. The second-order valence-corrected chi connectivity index (χ2v) is 7.82. The molecule has 0 spiro atoms. The van der Waals surface area contributed by atoms with Gasteiger partial charge < -0.3 is 14.8 Å².